The molecule has 152 valence electrons. The third-order valence-electron chi connectivity index (χ3n) is 4.50. The quantitative estimate of drug-likeness (QED) is 0.359. The number of unbranched alkanes of at least 4 members (excludes halogenated alkanes) is 1. The lowest BCUT2D eigenvalue weighted by molar-refractivity contribution is -0.140. The van der Waals surface area contributed by atoms with E-state index in [4.69, 9.17) is 9.47 Å². The minimum Gasteiger partial charge on any atom is -0.490 e. The molecule has 0 aromatic heterocycles. The van der Waals surface area contributed by atoms with E-state index in [0.717, 1.165) is 11.3 Å². The third kappa shape index (κ3) is 4.94. The Bertz CT molecular complexity index is 906. The lowest BCUT2D eigenvalue weighted by Crippen LogP contribution is -2.43. The Morgan fingerprint density at radius 1 is 1.17 bits per heavy atom. The molecule has 0 spiro atoms. The van der Waals surface area contributed by atoms with Crippen molar-refractivity contribution in [3.63, 3.8) is 0 Å². The first-order valence-corrected chi connectivity index (χ1v) is 9.68. The highest BCUT2D eigenvalue weighted by atomic mass is 16.5. The van der Waals surface area contributed by atoms with Gasteiger partial charge in [0, 0.05) is 12.1 Å². The summed E-state index contributed by atoms with van der Waals surface area (Å²) in [6.45, 7) is 10.2. The summed E-state index contributed by atoms with van der Waals surface area (Å²) in [6.07, 6.45) is 4.85. The van der Waals surface area contributed by atoms with Crippen LogP contribution in [0.1, 0.15) is 39.2 Å². The summed E-state index contributed by atoms with van der Waals surface area (Å²) < 4.78 is 11.2. The van der Waals surface area contributed by atoms with E-state index >= 15 is 0 Å². The minimum absolute atomic E-state index is 0.00270. The molecule has 2 amide bonds. The molecule has 1 aliphatic rings. The monoisotopic (exact) mass is 394 g/mol. The zero-order chi connectivity index (χ0) is 21.4. The second kappa shape index (κ2) is 10.3. The van der Waals surface area contributed by atoms with Crippen LogP contribution in [0.15, 0.2) is 47.6 Å². The maximum atomic E-state index is 13.0. The Morgan fingerprint density at radius 2 is 1.93 bits per heavy atom. The van der Waals surface area contributed by atoms with Crippen molar-refractivity contribution in [3.8, 4) is 17.6 Å². The standard InChI is InChI=1S/C23H26N2O4/c1-5-8-11-25-22(26)18(16(4)19(15-24)23(25)27)13-17-9-10-20(29-12-6-2)21(14-17)28-7-3/h6,9-10,13-14H,2,5,7-8,11-12H2,1,3-4H3/b18-13+. The largest absolute Gasteiger partial charge is 0.490 e. The molecule has 0 N–H and O–H groups in total. The van der Waals surface area contributed by atoms with Crippen LogP contribution >= 0.6 is 0 Å². The van der Waals surface area contributed by atoms with Gasteiger partial charge in [0.15, 0.2) is 11.5 Å². The van der Waals surface area contributed by atoms with E-state index in [9.17, 15) is 14.9 Å². The van der Waals surface area contributed by atoms with Gasteiger partial charge in [-0.25, -0.2) is 0 Å². The summed E-state index contributed by atoms with van der Waals surface area (Å²) in [7, 11) is 0. The van der Waals surface area contributed by atoms with Gasteiger partial charge in [-0.05, 0) is 49.6 Å². The lowest BCUT2D eigenvalue weighted by Gasteiger charge is -2.27. The van der Waals surface area contributed by atoms with Crippen LogP contribution in [0.4, 0.5) is 0 Å². The SMILES string of the molecule is C=CCOc1ccc(/C=C2/C(=O)N(CCCC)C(=O)C(C#N)=C2C)cc1OCC. The Kier molecular flexibility index (Phi) is 7.79. The van der Waals surface area contributed by atoms with Gasteiger partial charge in [0.2, 0.25) is 0 Å². The summed E-state index contributed by atoms with van der Waals surface area (Å²) in [5.41, 5.74) is 1.44. The molecule has 0 bridgehead atoms. The van der Waals surface area contributed by atoms with Gasteiger partial charge < -0.3 is 9.47 Å². The van der Waals surface area contributed by atoms with Crippen LogP contribution in [0.25, 0.3) is 6.08 Å². The fraction of sp³-hybridized carbons (Fsp3) is 0.348. The molecule has 1 heterocycles. The molecular formula is C23H26N2O4. The molecule has 29 heavy (non-hydrogen) atoms. The van der Waals surface area contributed by atoms with Gasteiger partial charge in [0.1, 0.15) is 18.2 Å². The van der Waals surface area contributed by atoms with E-state index in [1.54, 1.807) is 37.3 Å². The number of hydrogen-bond acceptors (Lipinski definition) is 5. The number of hydrogen-bond donors (Lipinski definition) is 0. The summed E-state index contributed by atoms with van der Waals surface area (Å²) >= 11 is 0. The molecule has 6 heteroatoms. The smallest absolute Gasteiger partial charge is 0.271 e. The molecule has 6 nitrogen and oxygen atoms in total. The number of nitrogens with zero attached hydrogens (tertiary/aromatic N) is 2. The number of imide groups is 1. The van der Waals surface area contributed by atoms with Crippen molar-refractivity contribution >= 4 is 17.9 Å². The van der Waals surface area contributed by atoms with Gasteiger partial charge in [-0.15, -0.1) is 0 Å². The van der Waals surface area contributed by atoms with Crippen LogP contribution in [0.2, 0.25) is 0 Å². The number of carbonyl (C=O) groups is 2. The van der Waals surface area contributed by atoms with Crippen molar-refractivity contribution in [2.24, 2.45) is 0 Å². The number of carbonyl (C=O) groups excluding carboxylic acids is 2. The molecule has 1 aromatic carbocycles. The number of rotatable bonds is 9. The Balaban J connectivity index is 2.49. The fourth-order valence-corrected chi connectivity index (χ4v) is 2.97. The normalized spacial score (nSPS) is 15.5. The number of ether oxygens (including phenoxy) is 2. The number of benzene rings is 1. The molecule has 0 unspecified atom stereocenters. The fourth-order valence-electron chi connectivity index (χ4n) is 2.97. The summed E-state index contributed by atoms with van der Waals surface area (Å²) in [5.74, 6) is 0.218. The zero-order valence-electron chi connectivity index (χ0n) is 17.2. The Morgan fingerprint density at radius 3 is 2.55 bits per heavy atom. The maximum absolute atomic E-state index is 13.0. The first-order valence-electron chi connectivity index (χ1n) is 9.68. The zero-order valence-corrected chi connectivity index (χ0v) is 17.2. The molecule has 0 aliphatic carbocycles. The molecule has 1 aromatic rings. The van der Waals surface area contributed by atoms with Gasteiger partial charge in [-0.1, -0.05) is 32.1 Å². The average molecular weight is 394 g/mol. The van der Waals surface area contributed by atoms with Gasteiger partial charge >= 0.3 is 0 Å². The van der Waals surface area contributed by atoms with E-state index in [0.29, 0.717) is 54.4 Å². The van der Waals surface area contributed by atoms with Gasteiger partial charge in [-0.2, -0.15) is 5.26 Å². The molecule has 0 saturated carbocycles. The Hall–Kier alpha value is -3.33. The third-order valence-corrected chi connectivity index (χ3v) is 4.50. The average Bonchev–Trinajstić information content (AvgIpc) is 2.71. The first-order chi connectivity index (χ1) is 14.0. The van der Waals surface area contributed by atoms with Crippen molar-refractivity contribution < 1.29 is 19.1 Å². The molecule has 1 aliphatic heterocycles. The number of amides is 2. The van der Waals surface area contributed by atoms with E-state index in [1.807, 2.05) is 19.9 Å². The van der Waals surface area contributed by atoms with Gasteiger partial charge in [0.25, 0.3) is 11.8 Å². The minimum atomic E-state index is -0.524. The highest BCUT2D eigenvalue weighted by molar-refractivity contribution is 6.19. The predicted molar refractivity (Wildman–Crippen MR) is 111 cm³/mol. The highest BCUT2D eigenvalue weighted by Crippen LogP contribution is 2.32. The summed E-state index contributed by atoms with van der Waals surface area (Å²) in [4.78, 5) is 26.6. The van der Waals surface area contributed by atoms with E-state index in [1.165, 1.54) is 0 Å². The van der Waals surface area contributed by atoms with Crippen molar-refractivity contribution in [1.82, 2.24) is 4.90 Å². The van der Waals surface area contributed by atoms with Crippen molar-refractivity contribution in [2.75, 3.05) is 19.8 Å². The molecule has 0 saturated heterocycles. The Labute approximate surface area is 171 Å². The van der Waals surface area contributed by atoms with Crippen LogP contribution in [0.5, 0.6) is 11.5 Å². The summed E-state index contributed by atoms with van der Waals surface area (Å²) in [6, 6.07) is 7.28. The number of nitriles is 1. The van der Waals surface area contributed by atoms with Crippen LogP contribution in [0.3, 0.4) is 0 Å². The highest BCUT2D eigenvalue weighted by Gasteiger charge is 2.34. The predicted octanol–water partition coefficient (Wildman–Crippen LogP) is 4.04. The van der Waals surface area contributed by atoms with Gasteiger partial charge in [0.05, 0.1) is 6.61 Å². The van der Waals surface area contributed by atoms with Crippen molar-refractivity contribution in [1.29, 1.82) is 5.26 Å². The first kappa shape index (κ1) is 22.0. The van der Waals surface area contributed by atoms with E-state index in [2.05, 4.69) is 6.58 Å². The van der Waals surface area contributed by atoms with Crippen LogP contribution in [0, 0.1) is 11.3 Å². The van der Waals surface area contributed by atoms with Crippen molar-refractivity contribution in [2.45, 2.75) is 33.6 Å². The van der Waals surface area contributed by atoms with Crippen LogP contribution in [-0.2, 0) is 9.59 Å². The second-order valence-electron chi connectivity index (χ2n) is 6.52. The van der Waals surface area contributed by atoms with Crippen LogP contribution < -0.4 is 9.47 Å². The second-order valence-corrected chi connectivity index (χ2v) is 6.52. The molecule has 2 rings (SSSR count). The lowest BCUT2D eigenvalue weighted by atomic mass is 9.93. The topological polar surface area (TPSA) is 79.6 Å². The summed E-state index contributed by atoms with van der Waals surface area (Å²) in [5, 5.41) is 9.44. The van der Waals surface area contributed by atoms with Crippen molar-refractivity contribution in [3.05, 3.63) is 53.1 Å². The van der Waals surface area contributed by atoms with E-state index < -0.39 is 5.91 Å². The van der Waals surface area contributed by atoms with Gasteiger partial charge in [-0.3, -0.25) is 14.5 Å². The molecule has 0 radical (unpaired) electrons. The molecular weight excluding hydrogens is 368 g/mol. The van der Waals surface area contributed by atoms with Crippen LogP contribution in [-0.4, -0.2) is 36.5 Å². The molecule has 0 fully saturated rings. The molecule has 0 atom stereocenters. The van der Waals surface area contributed by atoms with E-state index in [-0.39, 0.29) is 11.5 Å². The maximum Gasteiger partial charge on any atom is 0.271 e.